The SMILES string of the molecule is C=C(CCCCC(=C)C1=CC=C(OC)CC1)CC(C)(CCN1CCCC1)c1ccc(OCCCc2ccccc2)cc1. The Hall–Kier alpha value is -3.04. The standard InChI is InChI=1S/C39H53NO2/c1-32(13-8-9-14-33(2)35-18-22-37(41-4)23-19-35)31-39(3,26-29-40-27-10-11-28-40)36-20-24-38(25-21-36)42-30-12-17-34-15-6-5-7-16-34/h5-7,15-16,18,20-22,24-25H,1-2,8-14,17,19,23,26-31H2,3-4H3. The predicted molar refractivity (Wildman–Crippen MR) is 178 cm³/mol. The van der Waals surface area contributed by atoms with Crippen LogP contribution >= 0.6 is 0 Å². The van der Waals surface area contributed by atoms with E-state index in [1.54, 1.807) is 7.11 Å². The van der Waals surface area contributed by atoms with Crippen molar-refractivity contribution in [2.24, 2.45) is 0 Å². The van der Waals surface area contributed by atoms with Crippen LogP contribution in [0.25, 0.3) is 0 Å². The highest BCUT2D eigenvalue weighted by Gasteiger charge is 2.29. The van der Waals surface area contributed by atoms with Gasteiger partial charge in [0.15, 0.2) is 0 Å². The largest absolute Gasteiger partial charge is 0.501 e. The van der Waals surface area contributed by atoms with Crippen molar-refractivity contribution in [3.63, 3.8) is 0 Å². The van der Waals surface area contributed by atoms with Crippen LogP contribution in [0.5, 0.6) is 5.75 Å². The number of aryl methyl sites for hydroxylation is 1. The molecule has 0 saturated carbocycles. The predicted octanol–water partition coefficient (Wildman–Crippen LogP) is 9.76. The van der Waals surface area contributed by atoms with E-state index in [-0.39, 0.29) is 5.41 Å². The van der Waals surface area contributed by atoms with Gasteiger partial charge in [-0.2, -0.15) is 0 Å². The molecule has 0 N–H and O–H groups in total. The Morgan fingerprint density at radius 3 is 2.31 bits per heavy atom. The summed E-state index contributed by atoms with van der Waals surface area (Å²) < 4.78 is 11.5. The van der Waals surface area contributed by atoms with Gasteiger partial charge in [0.2, 0.25) is 0 Å². The van der Waals surface area contributed by atoms with Crippen molar-refractivity contribution in [1.82, 2.24) is 4.90 Å². The highest BCUT2D eigenvalue weighted by Crippen LogP contribution is 2.37. The summed E-state index contributed by atoms with van der Waals surface area (Å²) in [6.07, 6.45) is 17.7. The zero-order valence-electron chi connectivity index (χ0n) is 26.3. The minimum Gasteiger partial charge on any atom is -0.501 e. The van der Waals surface area contributed by atoms with E-state index in [0.717, 1.165) is 82.4 Å². The lowest BCUT2D eigenvalue weighted by molar-refractivity contribution is 0.276. The molecule has 0 bridgehead atoms. The lowest BCUT2D eigenvalue weighted by Gasteiger charge is -2.33. The molecule has 1 aliphatic heterocycles. The summed E-state index contributed by atoms with van der Waals surface area (Å²) in [7, 11) is 1.75. The molecule has 0 spiro atoms. The molecule has 226 valence electrons. The molecule has 42 heavy (non-hydrogen) atoms. The first-order valence-electron chi connectivity index (χ1n) is 16.2. The molecule has 0 radical (unpaired) electrons. The minimum atomic E-state index is 0.0768. The van der Waals surface area contributed by atoms with E-state index in [1.807, 2.05) is 0 Å². The van der Waals surface area contributed by atoms with Crippen LogP contribution in [0.2, 0.25) is 0 Å². The molecule has 1 heterocycles. The van der Waals surface area contributed by atoms with Crippen molar-refractivity contribution in [3.8, 4) is 5.75 Å². The molecule has 4 rings (SSSR count). The summed E-state index contributed by atoms with van der Waals surface area (Å²) in [5.74, 6) is 2.03. The van der Waals surface area contributed by atoms with Crippen LogP contribution in [0.3, 0.4) is 0 Å². The zero-order valence-corrected chi connectivity index (χ0v) is 26.3. The van der Waals surface area contributed by atoms with E-state index < -0.39 is 0 Å². The lowest BCUT2D eigenvalue weighted by atomic mass is 9.74. The molecule has 1 fully saturated rings. The molecular formula is C39H53NO2. The molecule has 2 aromatic rings. The van der Waals surface area contributed by atoms with Crippen molar-refractivity contribution >= 4 is 0 Å². The molecule has 1 saturated heterocycles. The van der Waals surface area contributed by atoms with Crippen molar-refractivity contribution < 1.29 is 9.47 Å². The van der Waals surface area contributed by atoms with Crippen LogP contribution in [0.4, 0.5) is 0 Å². The van der Waals surface area contributed by atoms with Gasteiger partial charge in [0.25, 0.3) is 0 Å². The highest BCUT2D eigenvalue weighted by molar-refractivity contribution is 5.35. The third kappa shape index (κ3) is 10.1. The van der Waals surface area contributed by atoms with E-state index in [4.69, 9.17) is 9.47 Å². The molecule has 1 atom stereocenters. The van der Waals surface area contributed by atoms with Crippen LogP contribution in [-0.4, -0.2) is 38.3 Å². The normalized spacial score (nSPS) is 16.8. The summed E-state index contributed by atoms with van der Waals surface area (Å²) in [6.45, 7) is 15.8. The van der Waals surface area contributed by atoms with E-state index in [1.165, 1.54) is 60.2 Å². The smallest absolute Gasteiger partial charge is 0.119 e. The summed E-state index contributed by atoms with van der Waals surface area (Å²) in [5, 5.41) is 0. The second-order valence-corrected chi connectivity index (χ2v) is 12.6. The van der Waals surface area contributed by atoms with Crippen LogP contribution in [0.15, 0.2) is 102 Å². The van der Waals surface area contributed by atoms with E-state index >= 15 is 0 Å². The first-order chi connectivity index (χ1) is 20.4. The number of hydrogen-bond acceptors (Lipinski definition) is 3. The Labute approximate surface area is 256 Å². The molecule has 0 aromatic heterocycles. The van der Waals surface area contributed by atoms with Crippen molar-refractivity contribution in [2.75, 3.05) is 33.4 Å². The van der Waals surface area contributed by atoms with Gasteiger partial charge in [0.1, 0.15) is 5.75 Å². The number of unbranched alkanes of at least 4 members (excludes halogenated alkanes) is 1. The molecule has 2 aromatic carbocycles. The van der Waals surface area contributed by atoms with E-state index in [9.17, 15) is 0 Å². The number of ether oxygens (including phenoxy) is 2. The Morgan fingerprint density at radius 2 is 1.62 bits per heavy atom. The number of benzene rings is 2. The van der Waals surface area contributed by atoms with Gasteiger partial charge in [0.05, 0.1) is 19.5 Å². The van der Waals surface area contributed by atoms with Gasteiger partial charge in [-0.25, -0.2) is 0 Å². The minimum absolute atomic E-state index is 0.0768. The molecule has 1 unspecified atom stereocenters. The highest BCUT2D eigenvalue weighted by atomic mass is 16.5. The number of methoxy groups -OCH3 is 1. The third-order valence-corrected chi connectivity index (χ3v) is 9.18. The van der Waals surface area contributed by atoms with Gasteiger partial charge < -0.3 is 14.4 Å². The quantitative estimate of drug-likeness (QED) is 0.132. The van der Waals surface area contributed by atoms with E-state index in [0.29, 0.717) is 0 Å². The van der Waals surface area contributed by atoms with Gasteiger partial charge in [0, 0.05) is 6.42 Å². The maximum atomic E-state index is 6.11. The molecular weight excluding hydrogens is 514 g/mol. The molecule has 0 amide bonds. The summed E-state index contributed by atoms with van der Waals surface area (Å²) in [5.41, 5.74) is 6.89. The average Bonchev–Trinajstić information content (AvgIpc) is 3.55. The first kappa shape index (κ1) is 31.9. The maximum Gasteiger partial charge on any atom is 0.119 e. The second-order valence-electron chi connectivity index (χ2n) is 12.6. The number of hydrogen-bond donors (Lipinski definition) is 0. The van der Waals surface area contributed by atoms with Gasteiger partial charge in [-0.15, -0.1) is 0 Å². The molecule has 3 heteroatoms. The Balaban J connectivity index is 1.27. The number of allylic oxidation sites excluding steroid dienone is 6. The van der Waals surface area contributed by atoms with Gasteiger partial charge >= 0.3 is 0 Å². The topological polar surface area (TPSA) is 21.7 Å². The van der Waals surface area contributed by atoms with Gasteiger partial charge in [-0.05, 0) is 131 Å². The fourth-order valence-electron chi connectivity index (χ4n) is 6.41. The Morgan fingerprint density at radius 1 is 0.881 bits per heavy atom. The summed E-state index contributed by atoms with van der Waals surface area (Å²) >= 11 is 0. The van der Waals surface area contributed by atoms with Crippen LogP contribution in [-0.2, 0) is 16.6 Å². The Bertz CT molecular complexity index is 1190. The number of nitrogens with zero attached hydrogens (tertiary/aromatic N) is 1. The lowest BCUT2D eigenvalue weighted by Crippen LogP contribution is -2.30. The van der Waals surface area contributed by atoms with Crippen LogP contribution in [0.1, 0.15) is 88.7 Å². The summed E-state index contributed by atoms with van der Waals surface area (Å²) in [6, 6.07) is 19.6. The second kappa shape index (κ2) is 16.6. The Kier molecular flexibility index (Phi) is 12.6. The summed E-state index contributed by atoms with van der Waals surface area (Å²) in [4.78, 5) is 2.64. The van der Waals surface area contributed by atoms with Crippen LogP contribution < -0.4 is 4.74 Å². The molecule has 3 nitrogen and oxygen atoms in total. The fraction of sp³-hybridized carbons (Fsp3) is 0.487. The van der Waals surface area contributed by atoms with E-state index in [2.05, 4.69) is 91.7 Å². The third-order valence-electron chi connectivity index (χ3n) is 9.18. The maximum absolute atomic E-state index is 6.11. The number of rotatable bonds is 18. The van der Waals surface area contributed by atoms with Crippen molar-refractivity contribution in [1.29, 1.82) is 0 Å². The van der Waals surface area contributed by atoms with Crippen LogP contribution in [0, 0.1) is 0 Å². The fourth-order valence-corrected chi connectivity index (χ4v) is 6.41. The van der Waals surface area contributed by atoms with Crippen molar-refractivity contribution in [3.05, 3.63) is 114 Å². The number of likely N-dealkylation sites (tertiary alicyclic amines) is 1. The van der Waals surface area contributed by atoms with Gasteiger partial charge in [-0.1, -0.05) is 79.8 Å². The average molecular weight is 568 g/mol. The zero-order chi connectivity index (χ0) is 29.6. The van der Waals surface area contributed by atoms with Crippen molar-refractivity contribution in [2.45, 2.75) is 89.4 Å². The molecule has 1 aliphatic carbocycles. The monoisotopic (exact) mass is 567 g/mol. The first-order valence-corrected chi connectivity index (χ1v) is 16.2. The van der Waals surface area contributed by atoms with Gasteiger partial charge in [-0.3, -0.25) is 0 Å². The molecule has 2 aliphatic rings.